The Morgan fingerprint density at radius 3 is 2.30 bits per heavy atom. The zero-order valence-corrected chi connectivity index (χ0v) is 16.5. The molecule has 1 heterocycles. The number of aryl methyl sites for hydroxylation is 1. The van der Waals surface area contributed by atoms with E-state index in [1.165, 1.54) is 12.1 Å². The zero-order valence-electron chi connectivity index (χ0n) is 16.5. The Labute approximate surface area is 174 Å². The summed E-state index contributed by atoms with van der Waals surface area (Å²) in [5.41, 5.74) is 3.25. The fraction of sp³-hybridized carbons (Fsp3) is 0.120. The molecule has 0 fully saturated rings. The van der Waals surface area contributed by atoms with Gasteiger partial charge in [-0.05, 0) is 30.7 Å². The van der Waals surface area contributed by atoms with Crippen LogP contribution < -0.4 is 0 Å². The van der Waals surface area contributed by atoms with Crippen molar-refractivity contribution in [3.8, 4) is 17.0 Å². The molecule has 0 saturated carbocycles. The van der Waals surface area contributed by atoms with Gasteiger partial charge in [0.05, 0.1) is 11.3 Å². The van der Waals surface area contributed by atoms with Crippen LogP contribution >= 0.6 is 0 Å². The SMILES string of the molecule is CCn1c(-c2ccccc2)c(C(=O)COC(=O)c2ccccc2O)c2ccccc21. The second kappa shape index (κ2) is 8.25. The second-order valence-electron chi connectivity index (χ2n) is 6.87. The number of carbonyl (C=O) groups is 2. The molecule has 1 aromatic heterocycles. The quantitative estimate of drug-likeness (QED) is 0.363. The van der Waals surface area contributed by atoms with E-state index in [1.54, 1.807) is 12.1 Å². The lowest BCUT2D eigenvalue weighted by molar-refractivity contribution is 0.0472. The van der Waals surface area contributed by atoms with Gasteiger partial charge in [-0.25, -0.2) is 4.79 Å². The average molecular weight is 399 g/mol. The summed E-state index contributed by atoms with van der Waals surface area (Å²) >= 11 is 0. The Morgan fingerprint density at radius 1 is 0.900 bits per heavy atom. The van der Waals surface area contributed by atoms with Gasteiger partial charge in [0.2, 0.25) is 5.78 Å². The molecule has 0 amide bonds. The van der Waals surface area contributed by atoms with E-state index in [2.05, 4.69) is 4.57 Å². The van der Waals surface area contributed by atoms with E-state index >= 15 is 0 Å². The molecule has 150 valence electrons. The van der Waals surface area contributed by atoms with Crippen LogP contribution in [0.15, 0.2) is 78.9 Å². The minimum Gasteiger partial charge on any atom is -0.507 e. The van der Waals surface area contributed by atoms with Crippen molar-refractivity contribution in [3.63, 3.8) is 0 Å². The zero-order chi connectivity index (χ0) is 21.1. The predicted molar refractivity (Wildman–Crippen MR) is 116 cm³/mol. The molecule has 3 aromatic carbocycles. The highest BCUT2D eigenvalue weighted by Crippen LogP contribution is 2.34. The van der Waals surface area contributed by atoms with Gasteiger partial charge in [0.25, 0.3) is 0 Å². The summed E-state index contributed by atoms with van der Waals surface area (Å²) in [7, 11) is 0. The number of phenols is 1. The van der Waals surface area contributed by atoms with E-state index in [9.17, 15) is 14.7 Å². The number of aromatic hydroxyl groups is 1. The molecule has 4 rings (SSSR count). The fourth-order valence-corrected chi connectivity index (χ4v) is 3.74. The average Bonchev–Trinajstić information content (AvgIpc) is 3.12. The summed E-state index contributed by atoms with van der Waals surface area (Å²) in [6, 6.07) is 23.5. The van der Waals surface area contributed by atoms with E-state index in [0.717, 1.165) is 22.2 Å². The first kappa shape index (κ1) is 19.5. The highest BCUT2D eigenvalue weighted by Gasteiger charge is 2.24. The number of hydrogen-bond acceptors (Lipinski definition) is 4. The number of phenolic OH excluding ortho intramolecular Hbond substituents is 1. The standard InChI is InChI=1S/C25H21NO4/c1-2-26-20-14-8-6-12-18(20)23(24(26)17-10-4-3-5-11-17)22(28)16-30-25(29)19-13-7-9-15-21(19)27/h3-15,27H,2,16H2,1H3. The monoisotopic (exact) mass is 399 g/mol. The minimum absolute atomic E-state index is 0.0320. The van der Waals surface area contributed by atoms with Crippen molar-refractivity contribution < 1.29 is 19.4 Å². The Balaban J connectivity index is 1.74. The van der Waals surface area contributed by atoms with Gasteiger partial charge in [0, 0.05) is 17.4 Å². The Bertz CT molecular complexity index is 1220. The van der Waals surface area contributed by atoms with E-state index in [-0.39, 0.29) is 17.1 Å². The number of ether oxygens (including phenoxy) is 1. The van der Waals surface area contributed by atoms with Gasteiger partial charge in [0.15, 0.2) is 6.61 Å². The van der Waals surface area contributed by atoms with Gasteiger partial charge in [-0.15, -0.1) is 0 Å². The number of carbonyl (C=O) groups excluding carboxylic acids is 2. The summed E-state index contributed by atoms with van der Waals surface area (Å²) in [4.78, 5) is 25.6. The van der Waals surface area contributed by atoms with Gasteiger partial charge in [-0.1, -0.05) is 60.7 Å². The molecule has 0 aliphatic rings. The third kappa shape index (κ3) is 3.46. The first-order chi connectivity index (χ1) is 14.6. The summed E-state index contributed by atoms with van der Waals surface area (Å²) in [6.45, 7) is 2.31. The molecule has 30 heavy (non-hydrogen) atoms. The maximum atomic E-state index is 13.2. The molecular weight excluding hydrogens is 378 g/mol. The van der Waals surface area contributed by atoms with Crippen molar-refractivity contribution in [1.82, 2.24) is 4.57 Å². The van der Waals surface area contributed by atoms with Crippen molar-refractivity contribution in [1.29, 1.82) is 0 Å². The lowest BCUT2D eigenvalue weighted by Crippen LogP contribution is -2.15. The van der Waals surface area contributed by atoms with Crippen LogP contribution in [0.5, 0.6) is 5.75 Å². The smallest absolute Gasteiger partial charge is 0.342 e. The molecule has 0 atom stereocenters. The number of fused-ring (bicyclic) bond motifs is 1. The van der Waals surface area contributed by atoms with Gasteiger partial charge in [0.1, 0.15) is 11.3 Å². The molecule has 0 bridgehead atoms. The molecule has 0 aliphatic heterocycles. The van der Waals surface area contributed by atoms with E-state index in [4.69, 9.17) is 4.74 Å². The van der Waals surface area contributed by atoms with Crippen LogP contribution in [0.2, 0.25) is 0 Å². The molecular formula is C25H21NO4. The van der Waals surface area contributed by atoms with Crippen LogP contribution in [-0.4, -0.2) is 28.0 Å². The summed E-state index contributed by atoms with van der Waals surface area (Å²) in [6.07, 6.45) is 0. The van der Waals surface area contributed by atoms with Crippen molar-refractivity contribution in [2.24, 2.45) is 0 Å². The number of aromatic nitrogens is 1. The molecule has 0 unspecified atom stereocenters. The maximum absolute atomic E-state index is 13.2. The highest BCUT2D eigenvalue weighted by molar-refractivity contribution is 6.14. The normalized spacial score (nSPS) is 10.8. The number of ketones is 1. The highest BCUT2D eigenvalue weighted by atomic mass is 16.5. The minimum atomic E-state index is -0.734. The molecule has 5 heteroatoms. The third-order valence-corrected chi connectivity index (χ3v) is 5.07. The molecule has 0 saturated heterocycles. The fourth-order valence-electron chi connectivity index (χ4n) is 3.74. The number of esters is 1. The lowest BCUT2D eigenvalue weighted by atomic mass is 10.0. The summed E-state index contributed by atoms with van der Waals surface area (Å²) in [5.74, 6) is -1.20. The van der Waals surface area contributed by atoms with Gasteiger partial charge >= 0.3 is 5.97 Å². The maximum Gasteiger partial charge on any atom is 0.342 e. The van der Waals surface area contributed by atoms with Crippen LogP contribution in [0.3, 0.4) is 0 Å². The van der Waals surface area contributed by atoms with Crippen molar-refractivity contribution in [2.75, 3.05) is 6.61 Å². The third-order valence-electron chi connectivity index (χ3n) is 5.07. The van der Waals surface area contributed by atoms with Crippen LogP contribution in [0.25, 0.3) is 22.2 Å². The van der Waals surface area contributed by atoms with Gasteiger partial charge < -0.3 is 14.4 Å². The van der Waals surface area contributed by atoms with Crippen LogP contribution in [-0.2, 0) is 11.3 Å². The van der Waals surface area contributed by atoms with Crippen LogP contribution in [0.1, 0.15) is 27.6 Å². The second-order valence-corrected chi connectivity index (χ2v) is 6.87. The van der Waals surface area contributed by atoms with Crippen molar-refractivity contribution in [2.45, 2.75) is 13.5 Å². The number of hydrogen-bond donors (Lipinski definition) is 1. The van der Waals surface area contributed by atoms with Crippen LogP contribution in [0.4, 0.5) is 0 Å². The number of para-hydroxylation sites is 2. The number of rotatable bonds is 6. The van der Waals surface area contributed by atoms with Crippen molar-refractivity contribution in [3.05, 3.63) is 90.0 Å². The summed E-state index contributed by atoms with van der Waals surface area (Å²) in [5, 5.41) is 10.7. The first-order valence-electron chi connectivity index (χ1n) is 9.76. The Kier molecular flexibility index (Phi) is 5.35. The van der Waals surface area contributed by atoms with Gasteiger partial charge in [-0.3, -0.25) is 4.79 Å². The summed E-state index contributed by atoms with van der Waals surface area (Å²) < 4.78 is 7.35. The van der Waals surface area contributed by atoms with E-state index in [0.29, 0.717) is 12.1 Å². The molecule has 4 aromatic rings. The predicted octanol–water partition coefficient (Wildman–Crippen LogP) is 5.07. The molecule has 0 aliphatic carbocycles. The van der Waals surface area contributed by atoms with E-state index in [1.807, 2.05) is 61.5 Å². The van der Waals surface area contributed by atoms with Gasteiger partial charge in [-0.2, -0.15) is 0 Å². The molecule has 0 spiro atoms. The number of Topliss-reactive ketones (excluding diaryl/α,β-unsaturated/α-hetero) is 1. The molecule has 0 radical (unpaired) electrons. The Hall–Kier alpha value is -3.86. The molecule has 5 nitrogen and oxygen atoms in total. The van der Waals surface area contributed by atoms with E-state index < -0.39 is 12.6 Å². The molecule has 1 N–H and O–H groups in total. The largest absolute Gasteiger partial charge is 0.507 e. The first-order valence-corrected chi connectivity index (χ1v) is 9.76. The Morgan fingerprint density at radius 2 is 1.57 bits per heavy atom. The lowest BCUT2D eigenvalue weighted by Gasteiger charge is -2.11. The number of nitrogens with zero attached hydrogens (tertiary/aromatic N) is 1. The topological polar surface area (TPSA) is 68.5 Å². The van der Waals surface area contributed by atoms with Crippen LogP contribution in [0, 0.1) is 0 Å². The number of benzene rings is 3. The van der Waals surface area contributed by atoms with Crippen molar-refractivity contribution >= 4 is 22.7 Å².